The second-order valence-electron chi connectivity index (χ2n) is 5.84. The van der Waals surface area contributed by atoms with Crippen LogP contribution in [-0.4, -0.2) is 22.8 Å². The molecule has 1 N–H and O–H groups in total. The summed E-state index contributed by atoms with van der Waals surface area (Å²) in [5.41, 5.74) is -2.06. The molecule has 0 saturated heterocycles. The Kier molecular flexibility index (Phi) is 2.19. The summed E-state index contributed by atoms with van der Waals surface area (Å²) in [4.78, 5) is 22.9. The first kappa shape index (κ1) is 11.5. The predicted molar refractivity (Wildman–Crippen MR) is 59.8 cm³/mol. The number of Topliss-reactive ketones (excluding diaryl/α,β-unsaturated/α-hetero) is 1. The van der Waals surface area contributed by atoms with Crippen LogP contribution in [0.4, 0.5) is 0 Å². The van der Waals surface area contributed by atoms with Gasteiger partial charge in [-0.1, -0.05) is 19.9 Å². The van der Waals surface area contributed by atoms with Gasteiger partial charge in [0.2, 0.25) is 0 Å². The molecule has 3 nitrogen and oxygen atoms in total. The SMILES string of the molecule is C=CC1(O)CC2C(=O)C(C)(C)CC21CC=O. The minimum Gasteiger partial charge on any atom is -0.385 e. The van der Waals surface area contributed by atoms with Gasteiger partial charge < -0.3 is 9.90 Å². The Morgan fingerprint density at radius 1 is 1.56 bits per heavy atom. The van der Waals surface area contributed by atoms with Crippen LogP contribution in [0.5, 0.6) is 0 Å². The zero-order valence-corrected chi connectivity index (χ0v) is 9.82. The molecule has 88 valence electrons. The van der Waals surface area contributed by atoms with Crippen molar-refractivity contribution in [3.63, 3.8) is 0 Å². The number of fused-ring (bicyclic) bond motifs is 1. The van der Waals surface area contributed by atoms with E-state index in [1.165, 1.54) is 6.08 Å². The standard InChI is InChI=1S/C13H18O3/c1-4-13(16)7-9-10(15)11(2,3)8-12(9,13)5-6-14/h4,6,9,16H,1,5,7-8H2,2-3H3. The lowest BCUT2D eigenvalue weighted by Gasteiger charge is -2.56. The van der Waals surface area contributed by atoms with Crippen LogP contribution >= 0.6 is 0 Å². The lowest BCUT2D eigenvalue weighted by atomic mass is 9.50. The van der Waals surface area contributed by atoms with Gasteiger partial charge in [-0.2, -0.15) is 0 Å². The maximum absolute atomic E-state index is 12.1. The van der Waals surface area contributed by atoms with E-state index >= 15 is 0 Å². The minimum atomic E-state index is -1.04. The molecule has 0 radical (unpaired) electrons. The lowest BCUT2D eigenvalue weighted by Crippen LogP contribution is -2.61. The van der Waals surface area contributed by atoms with Crippen molar-refractivity contribution in [2.45, 2.75) is 38.7 Å². The third kappa shape index (κ3) is 1.07. The van der Waals surface area contributed by atoms with Gasteiger partial charge in [0.1, 0.15) is 12.1 Å². The fourth-order valence-corrected chi connectivity index (χ4v) is 3.67. The second-order valence-corrected chi connectivity index (χ2v) is 5.84. The molecule has 0 bridgehead atoms. The molecule has 0 heterocycles. The molecule has 16 heavy (non-hydrogen) atoms. The van der Waals surface area contributed by atoms with E-state index in [0.717, 1.165) is 6.29 Å². The van der Waals surface area contributed by atoms with Crippen molar-refractivity contribution in [2.24, 2.45) is 16.7 Å². The average Bonchev–Trinajstić information content (AvgIpc) is 2.37. The summed E-state index contributed by atoms with van der Waals surface area (Å²) in [5.74, 6) is 0.0107. The first-order chi connectivity index (χ1) is 7.33. The van der Waals surface area contributed by atoms with Gasteiger partial charge in [0.25, 0.3) is 0 Å². The number of rotatable bonds is 3. The molecule has 2 fully saturated rings. The van der Waals surface area contributed by atoms with Crippen molar-refractivity contribution < 1.29 is 14.7 Å². The van der Waals surface area contributed by atoms with Gasteiger partial charge in [0.05, 0.1) is 5.60 Å². The molecule has 2 rings (SSSR count). The lowest BCUT2D eigenvalue weighted by molar-refractivity contribution is -0.175. The van der Waals surface area contributed by atoms with Crippen molar-refractivity contribution >= 4 is 12.1 Å². The largest absolute Gasteiger partial charge is 0.385 e. The van der Waals surface area contributed by atoms with Crippen LogP contribution in [-0.2, 0) is 9.59 Å². The number of aliphatic hydroxyl groups is 1. The van der Waals surface area contributed by atoms with E-state index in [9.17, 15) is 14.7 Å². The maximum atomic E-state index is 12.1. The molecule has 0 aromatic rings. The molecular weight excluding hydrogens is 204 g/mol. The second kappa shape index (κ2) is 3.04. The van der Waals surface area contributed by atoms with Crippen LogP contribution in [0.15, 0.2) is 12.7 Å². The monoisotopic (exact) mass is 222 g/mol. The van der Waals surface area contributed by atoms with Crippen LogP contribution in [0, 0.1) is 16.7 Å². The molecule has 3 heteroatoms. The summed E-state index contributed by atoms with van der Waals surface area (Å²) in [6, 6.07) is 0. The molecular formula is C13H18O3. The highest BCUT2D eigenvalue weighted by atomic mass is 16.3. The highest BCUT2D eigenvalue weighted by Gasteiger charge is 2.72. The van der Waals surface area contributed by atoms with Crippen LogP contribution in [0.1, 0.15) is 33.1 Å². The number of hydrogen-bond donors (Lipinski definition) is 1. The highest BCUT2D eigenvalue weighted by Crippen LogP contribution is 2.68. The fraction of sp³-hybridized carbons (Fsp3) is 0.692. The Balaban J connectivity index is 2.44. The molecule has 0 spiro atoms. The van der Waals surface area contributed by atoms with E-state index in [1.807, 2.05) is 13.8 Å². The van der Waals surface area contributed by atoms with Crippen molar-refractivity contribution in [1.82, 2.24) is 0 Å². The molecule has 2 aliphatic carbocycles. The van der Waals surface area contributed by atoms with E-state index in [4.69, 9.17) is 0 Å². The van der Waals surface area contributed by atoms with Crippen LogP contribution in [0.25, 0.3) is 0 Å². The number of ketones is 1. The van der Waals surface area contributed by atoms with Gasteiger partial charge in [-0.05, 0) is 12.8 Å². The van der Waals surface area contributed by atoms with Gasteiger partial charge in [-0.3, -0.25) is 4.79 Å². The summed E-state index contributed by atoms with van der Waals surface area (Å²) < 4.78 is 0. The van der Waals surface area contributed by atoms with E-state index in [-0.39, 0.29) is 18.1 Å². The zero-order chi connectivity index (χ0) is 12.2. The van der Waals surface area contributed by atoms with Gasteiger partial charge in [-0.25, -0.2) is 0 Å². The number of hydrogen-bond acceptors (Lipinski definition) is 3. The van der Waals surface area contributed by atoms with E-state index in [2.05, 4.69) is 6.58 Å². The zero-order valence-electron chi connectivity index (χ0n) is 9.82. The van der Waals surface area contributed by atoms with Crippen molar-refractivity contribution in [3.8, 4) is 0 Å². The molecule has 3 atom stereocenters. The Morgan fingerprint density at radius 2 is 2.19 bits per heavy atom. The van der Waals surface area contributed by atoms with Gasteiger partial charge in [0, 0.05) is 23.2 Å². The maximum Gasteiger partial charge on any atom is 0.142 e. The van der Waals surface area contributed by atoms with Crippen LogP contribution in [0.3, 0.4) is 0 Å². The van der Waals surface area contributed by atoms with E-state index < -0.39 is 16.4 Å². The first-order valence-corrected chi connectivity index (χ1v) is 5.67. The molecule has 0 aromatic carbocycles. The van der Waals surface area contributed by atoms with Crippen LogP contribution in [0.2, 0.25) is 0 Å². The Hall–Kier alpha value is -0.960. The van der Waals surface area contributed by atoms with E-state index in [0.29, 0.717) is 12.8 Å². The molecule has 2 aliphatic rings. The first-order valence-electron chi connectivity index (χ1n) is 5.67. The molecule has 3 unspecified atom stereocenters. The van der Waals surface area contributed by atoms with Crippen molar-refractivity contribution in [2.75, 3.05) is 0 Å². The quantitative estimate of drug-likeness (QED) is 0.581. The number of aldehydes is 1. The Labute approximate surface area is 95.5 Å². The molecule has 2 saturated carbocycles. The summed E-state index contributed by atoms with van der Waals surface area (Å²) in [5, 5.41) is 10.4. The highest BCUT2D eigenvalue weighted by molar-refractivity contribution is 5.92. The third-order valence-corrected chi connectivity index (χ3v) is 4.57. The Bertz CT molecular complexity index is 371. The van der Waals surface area contributed by atoms with Crippen molar-refractivity contribution in [1.29, 1.82) is 0 Å². The minimum absolute atomic E-state index is 0.171. The van der Waals surface area contributed by atoms with E-state index in [1.54, 1.807) is 0 Å². The van der Waals surface area contributed by atoms with Crippen LogP contribution < -0.4 is 0 Å². The number of carbonyl (C=O) groups excluding carboxylic acids is 2. The molecule has 0 aromatic heterocycles. The molecule has 0 amide bonds. The van der Waals surface area contributed by atoms with Gasteiger partial charge in [-0.15, -0.1) is 6.58 Å². The van der Waals surface area contributed by atoms with Gasteiger partial charge in [0.15, 0.2) is 0 Å². The summed E-state index contributed by atoms with van der Waals surface area (Å²) in [6.07, 6.45) is 3.56. The normalized spacial score (nSPS) is 44.7. The fourth-order valence-electron chi connectivity index (χ4n) is 3.67. The van der Waals surface area contributed by atoms with Crippen molar-refractivity contribution in [3.05, 3.63) is 12.7 Å². The van der Waals surface area contributed by atoms with Gasteiger partial charge >= 0.3 is 0 Å². The third-order valence-electron chi connectivity index (χ3n) is 4.57. The topological polar surface area (TPSA) is 54.4 Å². The summed E-state index contributed by atoms with van der Waals surface area (Å²) in [6.45, 7) is 7.42. The Morgan fingerprint density at radius 3 is 2.62 bits per heavy atom. The summed E-state index contributed by atoms with van der Waals surface area (Å²) in [7, 11) is 0. The average molecular weight is 222 g/mol. The summed E-state index contributed by atoms with van der Waals surface area (Å²) >= 11 is 0. The number of carbonyl (C=O) groups is 2. The smallest absolute Gasteiger partial charge is 0.142 e. The molecule has 0 aliphatic heterocycles. The predicted octanol–water partition coefficient (Wildman–Crippen LogP) is 1.50.